The number of hydrogen-bond donors (Lipinski definition) is 0. The molecule has 64 valence electrons. The van der Waals surface area contributed by atoms with Crippen LogP contribution in [0.15, 0.2) is 24.8 Å². The lowest BCUT2D eigenvalue weighted by molar-refractivity contribution is 0.394. The van der Waals surface area contributed by atoms with Crippen LogP contribution in [0, 0.1) is 0 Å². The van der Waals surface area contributed by atoms with E-state index in [0.29, 0.717) is 0 Å². The van der Waals surface area contributed by atoms with Crippen LogP contribution in [0.5, 0.6) is 11.5 Å². The highest BCUT2D eigenvalue weighted by atomic mass is 16.5. The Labute approximate surface area is 72.4 Å². The summed E-state index contributed by atoms with van der Waals surface area (Å²) in [4.78, 5) is 0. The minimum atomic E-state index is 0.782. The smallest absolute Gasteiger partial charge is 0.123 e. The first-order valence-corrected chi connectivity index (χ1v) is 3.65. The molecule has 0 atom stereocenters. The van der Waals surface area contributed by atoms with Gasteiger partial charge in [-0.1, -0.05) is 12.7 Å². The highest BCUT2D eigenvalue weighted by Crippen LogP contribution is 2.22. The van der Waals surface area contributed by atoms with E-state index in [0.717, 1.165) is 17.1 Å². The van der Waals surface area contributed by atoms with Crippen molar-refractivity contribution in [3.8, 4) is 11.5 Å². The average molecular weight is 164 g/mol. The predicted octanol–water partition coefficient (Wildman–Crippen LogP) is 2.35. The van der Waals surface area contributed by atoms with Gasteiger partial charge >= 0.3 is 0 Å². The Balaban J connectivity index is 3.09. The minimum absolute atomic E-state index is 0.782. The maximum absolute atomic E-state index is 5.07. The Kier molecular flexibility index (Phi) is 2.75. The summed E-state index contributed by atoms with van der Waals surface area (Å²) in [6, 6.07) is 5.62. The summed E-state index contributed by atoms with van der Waals surface area (Å²) in [5, 5.41) is 0. The van der Waals surface area contributed by atoms with Gasteiger partial charge in [-0.2, -0.15) is 0 Å². The van der Waals surface area contributed by atoms with Crippen LogP contribution in [0.4, 0.5) is 0 Å². The van der Waals surface area contributed by atoms with Gasteiger partial charge in [0.1, 0.15) is 11.5 Å². The van der Waals surface area contributed by atoms with E-state index in [1.807, 2.05) is 18.2 Å². The van der Waals surface area contributed by atoms with Crippen LogP contribution in [0.3, 0.4) is 0 Å². The number of ether oxygens (including phenoxy) is 2. The highest BCUT2D eigenvalue weighted by Gasteiger charge is 1.97. The average Bonchev–Trinajstić information content (AvgIpc) is 2.16. The molecule has 0 aliphatic heterocycles. The number of benzene rings is 1. The molecule has 1 rings (SSSR count). The molecule has 0 fully saturated rings. The fourth-order valence-corrected chi connectivity index (χ4v) is 0.947. The second-order valence-electron chi connectivity index (χ2n) is 2.35. The summed E-state index contributed by atoms with van der Waals surface area (Å²) in [6.45, 7) is 3.67. The molecule has 1 aromatic carbocycles. The molecule has 0 radical (unpaired) electrons. The van der Waals surface area contributed by atoms with E-state index in [1.165, 1.54) is 0 Å². The van der Waals surface area contributed by atoms with Gasteiger partial charge in [0, 0.05) is 6.07 Å². The molecule has 0 aromatic heterocycles. The van der Waals surface area contributed by atoms with E-state index >= 15 is 0 Å². The van der Waals surface area contributed by atoms with Crippen LogP contribution in [0.2, 0.25) is 0 Å². The standard InChI is InChI=1S/C10H12O2/c1-4-8-5-9(11-2)7-10(6-8)12-3/h4-7H,1H2,2-3H3. The molecule has 2 heteroatoms. The summed E-state index contributed by atoms with van der Waals surface area (Å²) in [5.41, 5.74) is 0.992. The molecule has 2 nitrogen and oxygen atoms in total. The van der Waals surface area contributed by atoms with Crippen LogP contribution in [-0.2, 0) is 0 Å². The lowest BCUT2D eigenvalue weighted by atomic mass is 10.2. The summed E-state index contributed by atoms with van der Waals surface area (Å²) in [6.07, 6.45) is 1.76. The second-order valence-corrected chi connectivity index (χ2v) is 2.35. The molecule has 0 aliphatic rings. The van der Waals surface area contributed by atoms with Gasteiger partial charge in [-0.3, -0.25) is 0 Å². The van der Waals surface area contributed by atoms with Gasteiger partial charge in [-0.25, -0.2) is 0 Å². The van der Waals surface area contributed by atoms with Crippen molar-refractivity contribution in [2.45, 2.75) is 0 Å². The van der Waals surface area contributed by atoms with Crippen molar-refractivity contribution in [3.63, 3.8) is 0 Å². The Bertz CT molecular complexity index is 257. The van der Waals surface area contributed by atoms with Crippen molar-refractivity contribution < 1.29 is 9.47 Å². The fraction of sp³-hybridized carbons (Fsp3) is 0.200. The number of hydrogen-bond acceptors (Lipinski definition) is 2. The first-order chi connectivity index (χ1) is 5.80. The molecule has 0 spiro atoms. The monoisotopic (exact) mass is 164 g/mol. The van der Waals surface area contributed by atoms with E-state index < -0.39 is 0 Å². The van der Waals surface area contributed by atoms with Crippen molar-refractivity contribution in [1.82, 2.24) is 0 Å². The molecule has 0 aliphatic carbocycles. The molecule has 0 heterocycles. The SMILES string of the molecule is C=Cc1cc(OC)cc(OC)c1. The molecule has 12 heavy (non-hydrogen) atoms. The third kappa shape index (κ3) is 1.78. The van der Waals surface area contributed by atoms with E-state index in [2.05, 4.69) is 6.58 Å². The largest absolute Gasteiger partial charge is 0.497 e. The Morgan fingerprint density at radius 3 is 1.92 bits per heavy atom. The van der Waals surface area contributed by atoms with Crippen LogP contribution >= 0.6 is 0 Å². The van der Waals surface area contributed by atoms with Gasteiger partial charge in [-0.15, -0.1) is 0 Å². The molecule has 0 amide bonds. The molecule has 0 N–H and O–H groups in total. The zero-order chi connectivity index (χ0) is 8.97. The third-order valence-electron chi connectivity index (χ3n) is 1.61. The second kappa shape index (κ2) is 3.81. The third-order valence-corrected chi connectivity index (χ3v) is 1.61. The Hall–Kier alpha value is -1.44. The van der Waals surface area contributed by atoms with Gasteiger partial charge in [0.15, 0.2) is 0 Å². The van der Waals surface area contributed by atoms with Crippen molar-refractivity contribution >= 4 is 6.08 Å². The first-order valence-electron chi connectivity index (χ1n) is 3.65. The molecule has 0 unspecified atom stereocenters. The summed E-state index contributed by atoms with van der Waals surface area (Å²) < 4.78 is 10.1. The van der Waals surface area contributed by atoms with Crippen LogP contribution in [0.25, 0.3) is 6.08 Å². The summed E-state index contributed by atoms with van der Waals surface area (Å²) in [5.74, 6) is 1.56. The molecule has 0 saturated heterocycles. The topological polar surface area (TPSA) is 18.5 Å². The lowest BCUT2D eigenvalue weighted by Gasteiger charge is -2.05. The maximum atomic E-state index is 5.07. The summed E-state index contributed by atoms with van der Waals surface area (Å²) >= 11 is 0. The van der Waals surface area contributed by atoms with Crippen molar-refractivity contribution in [2.24, 2.45) is 0 Å². The van der Waals surface area contributed by atoms with Crippen LogP contribution < -0.4 is 9.47 Å². The van der Waals surface area contributed by atoms with Crippen molar-refractivity contribution in [3.05, 3.63) is 30.3 Å². The van der Waals surface area contributed by atoms with E-state index in [1.54, 1.807) is 20.3 Å². The number of rotatable bonds is 3. The first kappa shape index (κ1) is 8.65. The van der Waals surface area contributed by atoms with Crippen molar-refractivity contribution in [1.29, 1.82) is 0 Å². The minimum Gasteiger partial charge on any atom is -0.497 e. The van der Waals surface area contributed by atoms with Crippen molar-refractivity contribution in [2.75, 3.05) is 14.2 Å². The number of methoxy groups -OCH3 is 2. The Morgan fingerprint density at radius 2 is 1.58 bits per heavy atom. The Morgan fingerprint density at radius 1 is 1.08 bits per heavy atom. The summed E-state index contributed by atoms with van der Waals surface area (Å²) in [7, 11) is 3.25. The predicted molar refractivity (Wildman–Crippen MR) is 49.6 cm³/mol. The van der Waals surface area contributed by atoms with Gasteiger partial charge in [0.2, 0.25) is 0 Å². The zero-order valence-electron chi connectivity index (χ0n) is 7.33. The van der Waals surface area contributed by atoms with E-state index in [-0.39, 0.29) is 0 Å². The maximum Gasteiger partial charge on any atom is 0.123 e. The quantitative estimate of drug-likeness (QED) is 0.682. The van der Waals surface area contributed by atoms with Gasteiger partial charge < -0.3 is 9.47 Å². The molecular formula is C10H12O2. The molecule has 0 saturated carbocycles. The van der Waals surface area contributed by atoms with E-state index in [4.69, 9.17) is 9.47 Å². The molecular weight excluding hydrogens is 152 g/mol. The van der Waals surface area contributed by atoms with Gasteiger partial charge in [0.05, 0.1) is 14.2 Å². The zero-order valence-corrected chi connectivity index (χ0v) is 7.33. The van der Waals surface area contributed by atoms with E-state index in [9.17, 15) is 0 Å². The highest BCUT2D eigenvalue weighted by molar-refractivity contribution is 5.53. The van der Waals surface area contributed by atoms with Gasteiger partial charge in [-0.05, 0) is 17.7 Å². The fourth-order valence-electron chi connectivity index (χ4n) is 0.947. The van der Waals surface area contributed by atoms with Gasteiger partial charge in [0.25, 0.3) is 0 Å². The van der Waals surface area contributed by atoms with Crippen LogP contribution in [-0.4, -0.2) is 14.2 Å². The lowest BCUT2D eigenvalue weighted by Crippen LogP contribution is -1.87. The van der Waals surface area contributed by atoms with Crippen LogP contribution in [0.1, 0.15) is 5.56 Å². The molecule has 0 bridgehead atoms. The normalized spacial score (nSPS) is 9.17. The molecule has 1 aromatic rings.